The van der Waals surface area contributed by atoms with Crippen LogP contribution in [-0.2, 0) is 0 Å². The molecule has 18 heavy (non-hydrogen) atoms. The summed E-state index contributed by atoms with van der Waals surface area (Å²) in [4.78, 5) is 10.2. The lowest BCUT2D eigenvalue weighted by molar-refractivity contribution is -0.384. The van der Waals surface area contributed by atoms with Crippen molar-refractivity contribution in [1.82, 2.24) is 0 Å². The number of benzene rings is 1. The van der Waals surface area contributed by atoms with E-state index in [9.17, 15) is 10.1 Å². The van der Waals surface area contributed by atoms with Crippen LogP contribution in [0.2, 0.25) is 5.02 Å². The minimum atomic E-state index is -0.423. The molecule has 0 amide bonds. The Morgan fingerprint density at radius 2 is 2.17 bits per heavy atom. The molecule has 3 rings (SSSR count). The molecule has 0 heterocycles. The summed E-state index contributed by atoms with van der Waals surface area (Å²) in [5.41, 5.74) is 0.860. The van der Waals surface area contributed by atoms with Crippen molar-refractivity contribution >= 4 is 23.0 Å². The smallest absolute Gasteiger partial charge is 0.271 e. The summed E-state index contributed by atoms with van der Waals surface area (Å²) in [6.45, 7) is 0. The number of hydrogen-bond acceptors (Lipinski definition) is 3. The average Bonchev–Trinajstić information content (AvgIpc) is 2.93. The normalized spacial score (nSPS) is 29.5. The number of halogens is 1. The maximum Gasteiger partial charge on any atom is 0.271 e. The monoisotopic (exact) mass is 266 g/mol. The summed E-state index contributed by atoms with van der Waals surface area (Å²) in [5.74, 6) is 1.62. The fourth-order valence-electron chi connectivity index (χ4n) is 3.36. The third kappa shape index (κ3) is 2.05. The molecule has 0 saturated heterocycles. The van der Waals surface area contributed by atoms with Crippen molar-refractivity contribution in [1.29, 1.82) is 0 Å². The third-order valence-electron chi connectivity index (χ3n) is 4.24. The molecule has 2 aliphatic rings. The molecule has 3 unspecified atom stereocenters. The van der Waals surface area contributed by atoms with Crippen LogP contribution in [0, 0.1) is 22.0 Å². The molecule has 0 aromatic heterocycles. The predicted molar refractivity (Wildman–Crippen MR) is 71.0 cm³/mol. The van der Waals surface area contributed by atoms with Gasteiger partial charge in [-0.3, -0.25) is 10.1 Å². The molecule has 2 saturated carbocycles. The summed E-state index contributed by atoms with van der Waals surface area (Å²) >= 11 is 6.09. The molecule has 5 heteroatoms. The largest absolute Gasteiger partial charge is 0.381 e. The van der Waals surface area contributed by atoms with Gasteiger partial charge in [0.2, 0.25) is 0 Å². The summed E-state index contributed by atoms with van der Waals surface area (Å²) in [7, 11) is 0. The van der Waals surface area contributed by atoms with Crippen LogP contribution < -0.4 is 5.32 Å². The van der Waals surface area contributed by atoms with Gasteiger partial charge in [0, 0.05) is 18.2 Å². The number of nitro benzene ring substituents is 1. The zero-order chi connectivity index (χ0) is 12.7. The number of nitrogens with zero attached hydrogens (tertiary/aromatic N) is 1. The number of anilines is 1. The highest BCUT2D eigenvalue weighted by Crippen LogP contribution is 2.46. The molecule has 0 radical (unpaired) electrons. The summed E-state index contributed by atoms with van der Waals surface area (Å²) in [5, 5.41) is 14.5. The first-order chi connectivity index (χ1) is 8.63. The van der Waals surface area contributed by atoms with Crippen LogP contribution in [0.25, 0.3) is 0 Å². The number of nitrogens with one attached hydrogen (secondary N) is 1. The van der Waals surface area contributed by atoms with Crippen LogP contribution in [-0.4, -0.2) is 11.0 Å². The Labute approximate surface area is 110 Å². The number of rotatable bonds is 3. The van der Waals surface area contributed by atoms with Gasteiger partial charge in [-0.1, -0.05) is 18.0 Å². The highest BCUT2D eigenvalue weighted by atomic mass is 35.5. The minimum Gasteiger partial charge on any atom is -0.381 e. The maximum absolute atomic E-state index is 10.6. The second-order valence-electron chi connectivity index (χ2n) is 5.35. The summed E-state index contributed by atoms with van der Waals surface area (Å²) < 4.78 is 0. The fourth-order valence-corrected chi connectivity index (χ4v) is 3.59. The highest BCUT2D eigenvalue weighted by molar-refractivity contribution is 6.33. The van der Waals surface area contributed by atoms with E-state index in [2.05, 4.69) is 5.32 Å². The molecule has 0 aliphatic heterocycles. The molecule has 1 aromatic rings. The van der Waals surface area contributed by atoms with Crippen molar-refractivity contribution in [2.45, 2.75) is 31.7 Å². The Kier molecular flexibility index (Phi) is 2.90. The number of fused-ring (bicyclic) bond motifs is 2. The topological polar surface area (TPSA) is 55.2 Å². The Morgan fingerprint density at radius 3 is 2.72 bits per heavy atom. The first-order valence-corrected chi connectivity index (χ1v) is 6.72. The van der Waals surface area contributed by atoms with Gasteiger partial charge in [0.1, 0.15) is 0 Å². The van der Waals surface area contributed by atoms with E-state index in [-0.39, 0.29) is 5.69 Å². The highest BCUT2D eigenvalue weighted by Gasteiger charge is 2.39. The molecule has 2 bridgehead atoms. The van der Waals surface area contributed by atoms with E-state index in [4.69, 9.17) is 11.6 Å². The van der Waals surface area contributed by atoms with Gasteiger partial charge >= 0.3 is 0 Å². The molecule has 0 spiro atoms. The number of hydrogen-bond donors (Lipinski definition) is 1. The zero-order valence-electron chi connectivity index (χ0n) is 9.93. The lowest BCUT2D eigenvalue weighted by Crippen LogP contribution is -2.25. The first-order valence-electron chi connectivity index (χ1n) is 6.34. The van der Waals surface area contributed by atoms with Gasteiger partial charge in [-0.15, -0.1) is 0 Å². The van der Waals surface area contributed by atoms with Crippen molar-refractivity contribution in [2.75, 3.05) is 5.32 Å². The SMILES string of the molecule is O=[N+]([O-])c1ccc(NC2CC3CCC2C3)c(Cl)c1. The molecule has 3 atom stereocenters. The zero-order valence-corrected chi connectivity index (χ0v) is 10.7. The van der Waals surface area contributed by atoms with Crippen LogP contribution in [0.1, 0.15) is 25.7 Å². The molecular formula is C13H15ClN2O2. The van der Waals surface area contributed by atoms with Crippen LogP contribution in [0.4, 0.5) is 11.4 Å². The lowest BCUT2D eigenvalue weighted by Gasteiger charge is -2.24. The Balaban J connectivity index is 1.75. The van der Waals surface area contributed by atoms with E-state index in [0.717, 1.165) is 17.5 Å². The minimum absolute atomic E-state index is 0.0403. The van der Waals surface area contributed by atoms with E-state index in [1.54, 1.807) is 6.07 Å². The summed E-state index contributed by atoms with van der Waals surface area (Å²) in [6.07, 6.45) is 5.18. The fraction of sp³-hybridized carbons (Fsp3) is 0.538. The van der Waals surface area contributed by atoms with Crippen LogP contribution in [0.5, 0.6) is 0 Å². The first kappa shape index (κ1) is 11.8. The summed E-state index contributed by atoms with van der Waals surface area (Å²) in [6, 6.07) is 5.12. The third-order valence-corrected chi connectivity index (χ3v) is 4.56. The Bertz CT molecular complexity index is 492. The number of non-ortho nitro benzene ring substituents is 1. The Hall–Kier alpha value is -1.29. The van der Waals surface area contributed by atoms with Gasteiger partial charge in [0.05, 0.1) is 15.6 Å². The van der Waals surface area contributed by atoms with Gasteiger partial charge in [-0.2, -0.15) is 0 Å². The van der Waals surface area contributed by atoms with Gasteiger partial charge in [-0.05, 0) is 37.2 Å². The molecule has 1 N–H and O–H groups in total. The molecule has 2 fully saturated rings. The van der Waals surface area contributed by atoms with Crippen molar-refractivity contribution in [2.24, 2.45) is 11.8 Å². The van der Waals surface area contributed by atoms with E-state index >= 15 is 0 Å². The quantitative estimate of drug-likeness (QED) is 0.668. The van der Waals surface area contributed by atoms with Gasteiger partial charge in [0.25, 0.3) is 5.69 Å². The number of nitro groups is 1. The van der Waals surface area contributed by atoms with Gasteiger partial charge < -0.3 is 5.32 Å². The molecule has 96 valence electrons. The maximum atomic E-state index is 10.6. The standard InChI is InChI=1S/C13H15ClN2O2/c14-11-7-10(16(17)18)3-4-12(11)15-13-6-8-1-2-9(13)5-8/h3-4,7-9,13,15H,1-2,5-6H2. The second-order valence-corrected chi connectivity index (χ2v) is 5.75. The van der Waals surface area contributed by atoms with Crippen LogP contribution >= 0.6 is 11.6 Å². The van der Waals surface area contributed by atoms with Crippen molar-refractivity contribution in [3.63, 3.8) is 0 Å². The molecule has 1 aromatic carbocycles. The van der Waals surface area contributed by atoms with Crippen LogP contribution in [0.3, 0.4) is 0 Å². The van der Waals surface area contributed by atoms with E-state index in [1.165, 1.54) is 37.8 Å². The van der Waals surface area contributed by atoms with Crippen molar-refractivity contribution in [3.8, 4) is 0 Å². The molecular weight excluding hydrogens is 252 g/mol. The van der Waals surface area contributed by atoms with E-state index in [1.807, 2.05) is 0 Å². The van der Waals surface area contributed by atoms with E-state index < -0.39 is 4.92 Å². The van der Waals surface area contributed by atoms with Gasteiger partial charge in [-0.25, -0.2) is 0 Å². The van der Waals surface area contributed by atoms with Gasteiger partial charge in [0.15, 0.2) is 0 Å². The van der Waals surface area contributed by atoms with Crippen molar-refractivity contribution in [3.05, 3.63) is 33.3 Å². The van der Waals surface area contributed by atoms with Crippen molar-refractivity contribution < 1.29 is 4.92 Å². The second kappa shape index (κ2) is 4.43. The van der Waals surface area contributed by atoms with Crippen LogP contribution in [0.15, 0.2) is 18.2 Å². The molecule has 2 aliphatic carbocycles. The molecule has 4 nitrogen and oxygen atoms in total. The predicted octanol–water partition coefficient (Wildman–Crippen LogP) is 3.85. The van der Waals surface area contributed by atoms with E-state index in [0.29, 0.717) is 11.1 Å². The lowest BCUT2D eigenvalue weighted by atomic mass is 9.95. The average molecular weight is 267 g/mol. The Morgan fingerprint density at radius 1 is 1.33 bits per heavy atom.